The molecule has 0 radical (unpaired) electrons. The third kappa shape index (κ3) is 3.53. The Morgan fingerprint density at radius 3 is 2.71 bits per heavy atom. The van der Waals surface area contributed by atoms with Crippen LogP contribution < -0.4 is 15.8 Å². The Bertz CT molecular complexity index is 608. The van der Waals surface area contributed by atoms with Crippen LogP contribution >= 0.6 is 0 Å². The maximum atomic E-state index is 11.2. The normalized spacial score (nSPS) is 10.4. The molecule has 6 heteroatoms. The average Bonchev–Trinajstić information content (AvgIpc) is 2.77. The Balaban J connectivity index is 2.37. The lowest BCUT2D eigenvalue weighted by Gasteiger charge is -2.07. The maximum Gasteiger partial charge on any atom is 0.317 e. The zero-order valence-electron chi connectivity index (χ0n) is 12.3. The highest BCUT2D eigenvalue weighted by Crippen LogP contribution is 2.28. The van der Waals surface area contributed by atoms with Crippen molar-refractivity contribution in [3.8, 4) is 11.6 Å². The molecule has 0 aliphatic rings. The third-order valence-corrected chi connectivity index (χ3v) is 3.06. The van der Waals surface area contributed by atoms with E-state index in [9.17, 15) is 4.79 Å². The van der Waals surface area contributed by atoms with E-state index in [1.54, 1.807) is 4.68 Å². The van der Waals surface area contributed by atoms with E-state index >= 15 is 0 Å². The standard InChI is InChI=1S/C15H20N4O2/c1-3-4-10-21-14-11(2)13(17-15(16)20)19(18-14)12-8-6-5-7-9-12/h5-9H,3-4,10H2,1-2H3,(H3,16,17,20). The smallest absolute Gasteiger partial charge is 0.317 e. The quantitative estimate of drug-likeness (QED) is 0.802. The van der Waals surface area contributed by atoms with E-state index in [1.165, 1.54) is 0 Å². The number of primary amides is 1. The fourth-order valence-electron chi connectivity index (χ4n) is 1.95. The molecule has 2 amide bonds. The molecule has 1 aromatic heterocycles. The summed E-state index contributed by atoms with van der Waals surface area (Å²) in [5.74, 6) is 1.04. The Morgan fingerprint density at radius 2 is 2.10 bits per heavy atom. The number of ether oxygens (including phenoxy) is 1. The first kappa shape index (κ1) is 14.9. The highest BCUT2D eigenvalue weighted by molar-refractivity contribution is 5.88. The van der Waals surface area contributed by atoms with Crippen molar-refractivity contribution in [2.24, 2.45) is 5.73 Å². The molecule has 21 heavy (non-hydrogen) atoms. The number of benzene rings is 1. The van der Waals surface area contributed by atoms with Gasteiger partial charge in [0, 0.05) is 0 Å². The Morgan fingerprint density at radius 1 is 1.38 bits per heavy atom. The number of para-hydroxylation sites is 1. The van der Waals surface area contributed by atoms with Gasteiger partial charge in [-0.15, -0.1) is 5.10 Å². The van der Waals surface area contributed by atoms with Crippen molar-refractivity contribution in [2.75, 3.05) is 11.9 Å². The predicted octanol–water partition coefficient (Wildman–Crippen LogP) is 2.85. The third-order valence-electron chi connectivity index (χ3n) is 3.06. The summed E-state index contributed by atoms with van der Waals surface area (Å²) in [5, 5.41) is 7.04. The lowest BCUT2D eigenvalue weighted by molar-refractivity contribution is 0.259. The number of hydrogen-bond acceptors (Lipinski definition) is 3. The minimum Gasteiger partial charge on any atom is -0.476 e. The van der Waals surface area contributed by atoms with Crippen LogP contribution in [0.4, 0.5) is 10.6 Å². The molecule has 0 bridgehead atoms. The van der Waals surface area contributed by atoms with Crippen molar-refractivity contribution in [1.82, 2.24) is 9.78 Å². The van der Waals surface area contributed by atoms with Crippen LogP contribution in [0.2, 0.25) is 0 Å². The van der Waals surface area contributed by atoms with Crippen LogP contribution in [0.5, 0.6) is 5.88 Å². The molecule has 3 N–H and O–H groups in total. The van der Waals surface area contributed by atoms with Gasteiger partial charge < -0.3 is 10.5 Å². The lowest BCUT2D eigenvalue weighted by Crippen LogP contribution is -2.21. The molecular formula is C15H20N4O2. The number of carbonyl (C=O) groups is 1. The van der Waals surface area contributed by atoms with Gasteiger partial charge in [0.15, 0.2) is 0 Å². The zero-order chi connectivity index (χ0) is 15.2. The van der Waals surface area contributed by atoms with Crippen LogP contribution in [0, 0.1) is 6.92 Å². The number of rotatable bonds is 6. The van der Waals surface area contributed by atoms with Gasteiger partial charge in [0.25, 0.3) is 0 Å². The van der Waals surface area contributed by atoms with Crippen molar-refractivity contribution < 1.29 is 9.53 Å². The number of unbranched alkanes of at least 4 members (excludes halogenated alkanes) is 1. The molecule has 0 atom stereocenters. The highest BCUT2D eigenvalue weighted by atomic mass is 16.5. The van der Waals surface area contributed by atoms with Crippen LogP contribution in [-0.4, -0.2) is 22.4 Å². The van der Waals surface area contributed by atoms with E-state index in [1.807, 2.05) is 37.3 Å². The first-order chi connectivity index (χ1) is 10.1. The van der Waals surface area contributed by atoms with Gasteiger partial charge >= 0.3 is 6.03 Å². The summed E-state index contributed by atoms with van der Waals surface area (Å²) < 4.78 is 7.30. The van der Waals surface area contributed by atoms with Crippen LogP contribution in [-0.2, 0) is 0 Å². The highest BCUT2D eigenvalue weighted by Gasteiger charge is 2.17. The molecule has 6 nitrogen and oxygen atoms in total. The predicted molar refractivity (Wildman–Crippen MR) is 81.9 cm³/mol. The van der Waals surface area contributed by atoms with E-state index in [0.29, 0.717) is 18.3 Å². The molecule has 0 saturated carbocycles. The number of carbonyl (C=O) groups excluding carboxylic acids is 1. The van der Waals surface area contributed by atoms with E-state index in [0.717, 1.165) is 24.1 Å². The molecule has 1 heterocycles. The van der Waals surface area contributed by atoms with Crippen molar-refractivity contribution in [1.29, 1.82) is 0 Å². The molecule has 0 fully saturated rings. The largest absolute Gasteiger partial charge is 0.476 e. The fraction of sp³-hybridized carbons (Fsp3) is 0.333. The molecule has 2 rings (SSSR count). The number of anilines is 1. The Kier molecular flexibility index (Phi) is 4.81. The SMILES string of the molecule is CCCCOc1nn(-c2ccccc2)c(NC(N)=O)c1C. The summed E-state index contributed by atoms with van der Waals surface area (Å²) in [6.07, 6.45) is 2.00. The summed E-state index contributed by atoms with van der Waals surface area (Å²) in [5.41, 5.74) is 6.83. The topological polar surface area (TPSA) is 82.2 Å². The van der Waals surface area contributed by atoms with Crippen molar-refractivity contribution in [3.63, 3.8) is 0 Å². The number of amides is 2. The van der Waals surface area contributed by atoms with E-state index < -0.39 is 6.03 Å². The first-order valence-corrected chi connectivity index (χ1v) is 6.97. The molecular weight excluding hydrogens is 268 g/mol. The molecule has 0 saturated heterocycles. The second-order valence-electron chi connectivity index (χ2n) is 4.72. The van der Waals surface area contributed by atoms with Gasteiger partial charge in [-0.05, 0) is 25.5 Å². The van der Waals surface area contributed by atoms with E-state index in [2.05, 4.69) is 17.3 Å². The number of aromatic nitrogens is 2. The van der Waals surface area contributed by atoms with Crippen molar-refractivity contribution in [2.45, 2.75) is 26.7 Å². The number of nitrogens with one attached hydrogen (secondary N) is 1. The summed E-state index contributed by atoms with van der Waals surface area (Å²) in [6.45, 7) is 4.54. The van der Waals surface area contributed by atoms with Gasteiger partial charge in [0.05, 0.1) is 17.9 Å². The number of urea groups is 1. The molecule has 112 valence electrons. The summed E-state index contributed by atoms with van der Waals surface area (Å²) in [6, 6.07) is 8.88. The van der Waals surface area contributed by atoms with Gasteiger partial charge in [-0.3, -0.25) is 5.32 Å². The second-order valence-corrected chi connectivity index (χ2v) is 4.72. The van der Waals surface area contributed by atoms with E-state index in [-0.39, 0.29) is 0 Å². The summed E-state index contributed by atoms with van der Waals surface area (Å²) >= 11 is 0. The Hall–Kier alpha value is -2.50. The fourth-order valence-corrected chi connectivity index (χ4v) is 1.95. The van der Waals surface area contributed by atoms with Gasteiger partial charge in [0.2, 0.25) is 5.88 Å². The minimum absolute atomic E-state index is 0.510. The van der Waals surface area contributed by atoms with E-state index in [4.69, 9.17) is 10.5 Å². The molecule has 1 aromatic carbocycles. The lowest BCUT2D eigenvalue weighted by atomic mass is 10.3. The number of hydrogen-bond donors (Lipinski definition) is 2. The average molecular weight is 288 g/mol. The van der Waals surface area contributed by atoms with Crippen molar-refractivity contribution >= 4 is 11.8 Å². The molecule has 0 aliphatic heterocycles. The van der Waals surface area contributed by atoms with Gasteiger partial charge in [-0.25, -0.2) is 9.48 Å². The van der Waals surface area contributed by atoms with Crippen LogP contribution in [0.25, 0.3) is 5.69 Å². The minimum atomic E-state index is -0.629. The van der Waals surface area contributed by atoms with Gasteiger partial charge in [-0.2, -0.15) is 0 Å². The summed E-state index contributed by atoms with van der Waals surface area (Å²) in [4.78, 5) is 11.2. The van der Waals surface area contributed by atoms with Crippen molar-refractivity contribution in [3.05, 3.63) is 35.9 Å². The monoisotopic (exact) mass is 288 g/mol. The first-order valence-electron chi connectivity index (χ1n) is 6.97. The molecule has 2 aromatic rings. The molecule has 0 spiro atoms. The number of nitrogens with two attached hydrogens (primary N) is 1. The maximum absolute atomic E-state index is 11.2. The van der Waals surface area contributed by atoms with Gasteiger partial charge in [0.1, 0.15) is 5.82 Å². The van der Waals surface area contributed by atoms with Crippen LogP contribution in [0.1, 0.15) is 25.3 Å². The second kappa shape index (κ2) is 6.78. The Labute approximate surface area is 123 Å². The van der Waals surface area contributed by atoms with Crippen LogP contribution in [0.3, 0.4) is 0 Å². The molecule has 0 unspecified atom stereocenters. The number of nitrogens with zero attached hydrogens (tertiary/aromatic N) is 2. The summed E-state index contributed by atoms with van der Waals surface area (Å²) in [7, 11) is 0. The van der Waals surface area contributed by atoms with Crippen LogP contribution in [0.15, 0.2) is 30.3 Å². The zero-order valence-corrected chi connectivity index (χ0v) is 12.3. The molecule has 0 aliphatic carbocycles. The van der Waals surface area contributed by atoms with Gasteiger partial charge in [-0.1, -0.05) is 31.5 Å².